The molecule has 1 unspecified atom stereocenters. The minimum Gasteiger partial charge on any atom is -0.377 e. The van der Waals surface area contributed by atoms with Gasteiger partial charge in [0.25, 0.3) is 0 Å². The van der Waals surface area contributed by atoms with E-state index in [-0.39, 0.29) is 22.9 Å². The first kappa shape index (κ1) is 11.7. The van der Waals surface area contributed by atoms with Crippen molar-refractivity contribution in [3.63, 3.8) is 0 Å². The summed E-state index contributed by atoms with van der Waals surface area (Å²) < 4.78 is 5.39. The maximum absolute atomic E-state index is 11.3. The van der Waals surface area contributed by atoms with Crippen LogP contribution in [0.25, 0.3) is 0 Å². The molecule has 14 heavy (non-hydrogen) atoms. The lowest BCUT2D eigenvalue weighted by Gasteiger charge is -2.16. The molecule has 1 heterocycles. The van der Waals surface area contributed by atoms with Crippen LogP contribution in [0.15, 0.2) is 0 Å². The predicted octanol–water partition coefficient (Wildman–Crippen LogP) is 1.44. The van der Waals surface area contributed by atoms with Crippen molar-refractivity contribution in [1.29, 1.82) is 0 Å². The van der Waals surface area contributed by atoms with Crippen molar-refractivity contribution in [2.75, 3.05) is 6.61 Å². The zero-order chi connectivity index (χ0) is 10.7. The summed E-state index contributed by atoms with van der Waals surface area (Å²) >= 11 is 1.56. The molecule has 0 radical (unpaired) electrons. The van der Waals surface area contributed by atoms with Gasteiger partial charge in [0, 0.05) is 18.8 Å². The van der Waals surface area contributed by atoms with E-state index >= 15 is 0 Å². The van der Waals surface area contributed by atoms with Crippen molar-refractivity contribution < 1.29 is 14.3 Å². The average Bonchev–Trinajstić information content (AvgIpc) is 2.50. The minimum absolute atomic E-state index is 0.196. The van der Waals surface area contributed by atoms with Crippen LogP contribution in [0.1, 0.15) is 27.2 Å². The molecule has 1 fully saturated rings. The molecule has 0 spiro atoms. The fourth-order valence-corrected chi connectivity index (χ4v) is 2.85. The zero-order valence-electron chi connectivity index (χ0n) is 8.78. The third-order valence-electron chi connectivity index (χ3n) is 2.40. The largest absolute Gasteiger partial charge is 0.377 e. The van der Waals surface area contributed by atoms with Crippen molar-refractivity contribution in [2.24, 2.45) is 0 Å². The van der Waals surface area contributed by atoms with Crippen molar-refractivity contribution in [3.05, 3.63) is 0 Å². The van der Waals surface area contributed by atoms with E-state index in [0.717, 1.165) is 13.0 Å². The van der Waals surface area contributed by atoms with E-state index in [0.29, 0.717) is 5.25 Å². The molecule has 1 aliphatic rings. The second-order valence-electron chi connectivity index (χ2n) is 3.60. The molecule has 80 valence electrons. The fraction of sp³-hybridized carbons (Fsp3) is 0.800. The molecule has 0 saturated carbocycles. The number of hydrogen-bond donors (Lipinski definition) is 0. The highest BCUT2D eigenvalue weighted by molar-refractivity contribution is 8.01. The van der Waals surface area contributed by atoms with Gasteiger partial charge in [0.15, 0.2) is 5.78 Å². The summed E-state index contributed by atoms with van der Waals surface area (Å²) in [5.74, 6) is -0.634. The third-order valence-corrected chi connectivity index (χ3v) is 3.99. The van der Waals surface area contributed by atoms with Crippen LogP contribution in [0.2, 0.25) is 0 Å². The highest BCUT2D eigenvalue weighted by atomic mass is 32.2. The smallest absolute Gasteiger partial charge is 0.210 e. The molecule has 0 N–H and O–H groups in total. The Bertz CT molecular complexity index is 240. The number of carbonyl (C=O) groups is 2. The lowest BCUT2D eigenvalue weighted by Crippen LogP contribution is -2.25. The molecule has 1 aliphatic heterocycles. The van der Waals surface area contributed by atoms with E-state index < -0.39 is 0 Å². The minimum atomic E-state index is -0.350. The van der Waals surface area contributed by atoms with Gasteiger partial charge in [-0.1, -0.05) is 0 Å². The molecule has 0 amide bonds. The summed E-state index contributed by atoms with van der Waals surface area (Å²) in [7, 11) is 0. The van der Waals surface area contributed by atoms with Crippen LogP contribution in [0.3, 0.4) is 0 Å². The van der Waals surface area contributed by atoms with E-state index in [4.69, 9.17) is 4.74 Å². The molecule has 0 aromatic carbocycles. The lowest BCUT2D eigenvalue weighted by atomic mass is 10.2. The van der Waals surface area contributed by atoms with Crippen molar-refractivity contribution in [1.82, 2.24) is 0 Å². The van der Waals surface area contributed by atoms with Crippen molar-refractivity contribution in [3.8, 4) is 0 Å². The van der Waals surface area contributed by atoms with Crippen LogP contribution in [0.4, 0.5) is 0 Å². The van der Waals surface area contributed by atoms with Gasteiger partial charge in [-0.3, -0.25) is 9.59 Å². The summed E-state index contributed by atoms with van der Waals surface area (Å²) in [6, 6.07) is 0. The number of Topliss-reactive ketones (excluding diaryl/α,β-unsaturated/α-hetero) is 2. The average molecular weight is 216 g/mol. The topological polar surface area (TPSA) is 43.4 Å². The molecule has 0 aromatic heterocycles. The number of thioether (sulfide) groups is 1. The second-order valence-corrected chi connectivity index (χ2v) is 5.19. The van der Waals surface area contributed by atoms with Crippen LogP contribution in [0.5, 0.6) is 0 Å². The van der Waals surface area contributed by atoms with Crippen molar-refractivity contribution in [2.45, 2.75) is 43.8 Å². The van der Waals surface area contributed by atoms with Gasteiger partial charge in [0.1, 0.15) is 0 Å². The monoisotopic (exact) mass is 216 g/mol. The summed E-state index contributed by atoms with van der Waals surface area (Å²) in [5.41, 5.74) is 0. The van der Waals surface area contributed by atoms with Gasteiger partial charge in [0.2, 0.25) is 5.78 Å². The quantitative estimate of drug-likeness (QED) is 0.667. The summed E-state index contributed by atoms with van der Waals surface area (Å²) in [6.07, 6.45) is 1.17. The first-order chi connectivity index (χ1) is 6.52. The van der Waals surface area contributed by atoms with Gasteiger partial charge in [-0.05, 0) is 20.3 Å². The van der Waals surface area contributed by atoms with E-state index in [1.54, 1.807) is 18.7 Å². The number of carbonyl (C=O) groups excluding carboxylic acids is 2. The Morgan fingerprint density at radius 3 is 2.57 bits per heavy atom. The van der Waals surface area contributed by atoms with E-state index in [1.165, 1.54) is 6.92 Å². The first-order valence-corrected chi connectivity index (χ1v) is 5.78. The Morgan fingerprint density at radius 1 is 1.50 bits per heavy atom. The summed E-state index contributed by atoms with van der Waals surface area (Å²) in [6.45, 7) is 5.89. The maximum Gasteiger partial charge on any atom is 0.210 e. The van der Waals surface area contributed by atoms with Crippen LogP contribution < -0.4 is 0 Å². The SMILES string of the molecule is CC(=O)C(=O)C(C)S[C@@H]1CCO[C@H]1C. The molecule has 0 aromatic rings. The van der Waals surface area contributed by atoms with Gasteiger partial charge in [-0.25, -0.2) is 0 Å². The van der Waals surface area contributed by atoms with Gasteiger partial charge in [-0.2, -0.15) is 0 Å². The first-order valence-electron chi connectivity index (χ1n) is 4.84. The highest BCUT2D eigenvalue weighted by Crippen LogP contribution is 2.29. The third kappa shape index (κ3) is 2.82. The van der Waals surface area contributed by atoms with E-state index in [2.05, 4.69) is 0 Å². The lowest BCUT2D eigenvalue weighted by molar-refractivity contribution is -0.134. The molecular weight excluding hydrogens is 200 g/mol. The van der Waals surface area contributed by atoms with Crippen LogP contribution >= 0.6 is 11.8 Å². The fourth-order valence-electron chi connectivity index (χ4n) is 1.50. The second kappa shape index (κ2) is 4.94. The Labute approximate surface area is 88.6 Å². The van der Waals surface area contributed by atoms with Crippen LogP contribution in [-0.2, 0) is 14.3 Å². The standard InChI is InChI=1S/C10H16O3S/c1-6(11)10(12)8(3)14-9-4-5-13-7(9)2/h7-9H,4-5H2,1-3H3/t7-,8?,9+/m0/s1. The predicted molar refractivity (Wildman–Crippen MR) is 56.6 cm³/mol. The van der Waals surface area contributed by atoms with Gasteiger partial charge >= 0.3 is 0 Å². The molecular formula is C10H16O3S. The Hall–Kier alpha value is -0.350. The van der Waals surface area contributed by atoms with E-state index in [9.17, 15) is 9.59 Å². The number of rotatable bonds is 4. The summed E-state index contributed by atoms with van der Waals surface area (Å²) in [4.78, 5) is 22.2. The number of ether oxygens (including phenoxy) is 1. The molecule has 1 rings (SSSR count). The molecule has 4 heteroatoms. The maximum atomic E-state index is 11.3. The van der Waals surface area contributed by atoms with Gasteiger partial charge in [0.05, 0.1) is 11.4 Å². The van der Waals surface area contributed by atoms with Gasteiger partial charge in [-0.15, -0.1) is 11.8 Å². The van der Waals surface area contributed by atoms with E-state index in [1.807, 2.05) is 6.92 Å². The van der Waals surface area contributed by atoms with Crippen molar-refractivity contribution >= 4 is 23.3 Å². The molecule has 0 bridgehead atoms. The normalized spacial score (nSPS) is 28.8. The molecule has 3 atom stereocenters. The van der Waals surface area contributed by atoms with Gasteiger partial charge < -0.3 is 4.74 Å². The molecule has 1 saturated heterocycles. The summed E-state index contributed by atoms with van der Waals surface area (Å²) in [5, 5.41) is 0.120. The molecule has 0 aliphatic carbocycles. The Morgan fingerprint density at radius 2 is 2.14 bits per heavy atom. The van der Waals surface area contributed by atoms with Crippen LogP contribution in [0, 0.1) is 0 Å². The Kier molecular flexibility index (Phi) is 4.13. The highest BCUT2D eigenvalue weighted by Gasteiger charge is 2.29. The number of ketones is 2. The van der Waals surface area contributed by atoms with Crippen LogP contribution in [-0.4, -0.2) is 34.8 Å². The number of hydrogen-bond acceptors (Lipinski definition) is 4. The molecule has 3 nitrogen and oxygen atoms in total. The Balaban J connectivity index is 2.43. The zero-order valence-corrected chi connectivity index (χ0v) is 9.60.